The zero-order valence-electron chi connectivity index (χ0n) is 15.8. The molecule has 0 amide bonds. The maximum Gasteiger partial charge on any atom is 0.260 e. The van der Waals surface area contributed by atoms with Crippen LogP contribution in [0.5, 0.6) is 0 Å². The van der Waals surface area contributed by atoms with E-state index in [9.17, 15) is 9.18 Å². The van der Waals surface area contributed by atoms with E-state index in [0.717, 1.165) is 44.2 Å². The molecule has 1 saturated carbocycles. The molecule has 0 radical (unpaired) electrons. The first-order chi connectivity index (χ1) is 14.7. The Bertz CT molecular complexity index is 1470. The molecule has 0 saturated heterocycles. The quantitative estimate of drug-likeness (QED) is 0.390. The third-order valence-electron chi connectivity index (χ3n) is 5.81. The molecule has 2 atom stereocenters. The van der Waals surface area contributed by atoms with Crippen LogP contribution in [0.3, 0.4) is 0 Å². The summed E-state index contributed by atoms with van der Waals surface area (Å²) in [4.78, 5) is 22.2. The Morgan fingerprint density at radius 3 is 2.80 bits per heavy atom. The van der Waals surface area contributed by atoms with E-state index in [1.807, 2.05) is 46.5 Å². The molecule has 1 aliphatic carbocycles. The first-order valence-corrected chi connectivity index (χ1v) is 10.7. The average Bonchev–Trinajstić information content (AvgIpc) is 3.44. The normalized spacial score (nSPS) is 18.2. The van der Waals surface area contributed by atoms with Crippen LogP contribution in [0.15, 0.2) is 77.3 Å². The fourth-order valence-electron chi connectivity index (χ4n) is 4.19. The van der Waals surface area contributed by atoms with E-state index >= 15 is 0 Å². The van der Waals surface area contributed by atoms with Gasteiger partial charge >= 0.3 is 0 Å². The summed E-state index contributed by atoms with van der Waals surface area (Å²) in [5.41, 5.74) is 3.73. The molecule has 1 fully saturated rings. The van der Waals surface area contributed by atoms with Crippen LogP contribution in [-0.4, -0.2) is 14.5 Å². The van der Waals surface area contributed by atoms with Crippen molar-refractivity contribution in [1.29, 1.82) is 0 Å². The first kappa shape index (κ1) is 17.5. The van der Waals surface area contributed by atoms with Crippen molar-refractivity contribution < 1.29 is 4.39 Å². The molecule has 0 N–H and O–H groups in total. The molecule has 0 aliphatic heterocycles. The SMILES string of the molecule is O=c1c2c(-c3ccncc3)csc2ccn1[C@@H]1C[C@@H]1c1ccc2cc(F)ccc2n1. The Morgan fingerprint density at radius 2 is 1.93 bits per heavy atom. The van der Waals surface area contributed by atoms with Gasteiger partial charge in [0, 0.05) is 57.3 Å². The predicted molar refractivity (Wildman–Crippen MR) is 117 cm³/mol. The molecule has 1 aromatic carbocycles. The van der Waals surface area contributed by atoms with Crippen molar-refractivity contribution in [2.45, 2.75) is 18.4 Å². The summed E-state index contributed by atoms with van der Waals surface area (Å²) in [6.45, 7) is 0. The van der Waals surface area contributed by atoms with Crippen LogP contribution in [0.25, 0.3) is 32.1 Å². The highest BCUT2D eigenvalue weighted by Gasteiger charge is 2.41. The molecule has 0 unspecified atom stereocenters. The lowest BCUT2D eigenvalue weighted by atomic mass is 10.1. The predicted octanol–water partition coefficient (Wildman–Crippen LogP) is 5.54. The third-order valence-corrected chi connectivity index (χ3v) is 6.76. The van der Waals surface area contributed by atoms with E-state index in [0.29, 0.717) is 0 Å². The average molecular weight is 413 g/mol. The standard InChI is InChI=1S/C24H16FN3OS/c25-16-2-4-19-15(11-16)1-3-20(27-19)17-12-21(17)28-10-7-22-23(24(28)29)18(13-30-22)14-5-8-26-9-6-14/h1-11,13,17,21H,12H2/t17-,21-/m1/s1. The van der Waals surface area contributed by atoms with Gasteiger partial charge in [0.05, 0.1) is 10.9 Å². The number of benzene rings is 1. The largest absolute Gasteiger partial charge is 0.311 e. The second kappa shape index (κ2) is 6.57. The van der Waals surface area contributed by atoms with Crippen molar-refractivity contribution in [2.24, 2.45) is 0 Å². The Hall–Kier alpha value is -3.38. The van der Waals surface area contributed by atoms with E-state index in [4.69, 9.17) is 4.98 Å². The molecule has 6 rings (SSSR count). The lowest BCUT2D eigenvalue weighted by Gasteiger charge is -2.07. The molecular weight excluding hydrogens is 397 g/mol. The second-order valence-corrected chi connectivity index (χ2v) is 8.55. The molecule has 0 spiro atoms. The third kappa shape index (κ3) is 2.75. The van der Waals surface area contributed by atoms with Gasteiger partial charge in [0.2, 0.25) is 0 Å². The zero-order chi connectivity index (χ0) is 20.2. The smallest absolute Gasteiger partial charge is 0.260 e. The monoisotopic (exact) mass is 413 g/mol. The lowest BCUT2D eigenvalue weighted by Crippen LogP contribution is -2.18. The highest BCUT2D eigenvalue weighted by Crippen LogP contribution is 2.50. The number of halogens is 1. The Kier molecular flexibility index (Phi) is 3.83. The van der Waals surface area contributed by atoms with E-state index in [1.165, 1.54) is 12.1 Å². The number of hydrogen-bond acceptors (Lipinski definition) is 4. The summed E-state index contributed by atoms with van der Waals surface area (Å²) >= 11 is 1.59. The van der Waals surface area contributed by atoms with Crippen LogP contribution in [-0.2, 0) is 0 Å². The number of fused-ring (bicyclic) bond motifs is 2. The van der Waals surface area contributed by atoms with Gasteiger partial charge in [-0.25, -0.2) is 4.39 Å². The van der Waals surface area contributed by atoms with Gasteiger partial charge in [-0.15, -0.1) is 11.3 Å². The number of rotatable bonds is 3. The molecule has 6 heteroatoms. The van der Waals surface area contributed by atoms with Crippen molar-refractivity contribution in [3.63, 3.8) is 0 Å². The topological polar surface area (TPSA) is 47.8 Å². The molecule has 4 aromatic heterocycles. The van der Waals surface area contributed by atoms with Crippen LogP contribution >= 0.6 is 11.3 Å². The first-order valence-electron chi connectivity index (χ1n) is 9.78. The van der Waals surface area contributed by atoms with Crippen LogP contribution in [0.1, 0.15) is 24.1 Å². The van der Waals surface area contributed by atoms with Crippen molar-refractivity contribution >= 4 is 32.3 Å². The van der Waals surface area contributed by atoms with Gasteiger partial charge in [0.25, 0.3) is 5.56 Å². The van der Waals surface area contributed by atoms with E-state index in [1.54, 1.807) is 29.8 Å². The van der Waals surface area contributed by atoms with Gasteiger partial charge in [-0.1, -0.05) is 6.07 Å². The summed E-state index contributed by atoms with van der Waals surface area (Å²) in [7, 11) is 0. The molecule has 4 nitrogen and oxygen atoms in total. The molecule has 146 valence electrons. The Labute approximate surface area is 175 Å². The summed E-state index contributed by atoms with van der Waals surface area (Å²) < 4.78 is 16.3. The zero-order valence-corrected chi connectivity index (χ0v) is 16.6. The molecule has 0 bridgehead atoms. The van der Waals surface area contributed by atoms with Gasteiger partial charge in [0.15, 0.2) is 0 Å². The number of thiophene rings is 1. The van der Waals surface area contributed by atoms with Gasteiger partial charge < -0.3 is 4.57 Å². The van der Waals surface area contributed by atoms with E-state index in [-0.39, 0.29) is 23.3 Å². The van der Waals surface area contributed by atoms with Gasteiger partial charge in [-0.2, -0.15) is 0 Å². The second-order valence-electron chi connectivity index (χ2n) is 7.64. The van der Waals surface area contributed by atoms with Crippen LogP contribution in [0.2, 0.25) is 0 Å². The summed E-state index contributed by atoms with van der Waals surface area (Å²) in [5.74, 6) is -0.0698. The van der Waals surface area contributed by atoms with Crippen LogP contribution in [0.4, 0.5) is 4.39 Å². The van der Waals surface area contributed by atoms with Crippen molar-refractivity contribution in [3.8, 4) is 11.1 Å². The fraction of sp³-hybridized carbons (Fsp3) is 0.125. The molecule has 5 aromatic rings. The minimum atomic E-state index is -0.262. The molecule has 30 heavy (non-hydrogen) atoms. The van der Waals surface area contributed by atoms with Crippen LogP contribution in [0, 0.1) is 5.82 Å². The molecule has 4 heterocycles. The van der Waals surface area contributed by atoms with Gasteiger partial charge in [0.1, 0.15) is 5.82 Å². The summed E-state index contributed by atoms with van der Waals surface area (Å²) in [6, 6.07) is 14.5. The lowest BCUT2D eigenvalue weighted by molar-refractivity contribution is 0.629. The maximum absolute atomic E-state index is 13.4. The van der Waals surface area contributed by atoms with E-state index in [2.05, 4.69) is 4.98 Å². The van der Waals surface area contributed by atoms with Crippen molar-refractivity contribution in [3.05, 3.63) is 94.4 Å². The molecular formula is C24H16FN3OS. The van der Waals surface area contributed by atoms with E-state index < -0.39 is 0 Å². The fourth-order valence-corrected chi connectivity index (χ4v) is 5.14. The van der Waals surface area contributed by atoms with Crippen LogP contribution < -0.4 is 5.56 Å². The minimum absolute atomic E-state index is 0.0379. The van der Waals surface area contributed by atoms with Crippen molar-refractivity contribution in [2.75, 3.05) is 0 Å². The summed E-state index contributed by atoms with van der Waals surface area (Å²) in [5, 5.41) is 3.59. The number of nitrogens with zero attached hydrogens (tertiary/aromatic N) is 3. The Morgan fingerprint density at radius 1 is 1.07 bits per heavy atom. The highest BCUT2D eigenvalue weighted by atomic mass is 32.1. The molecule has 1 aliphatic rings. The summed E-state index contributed by atoms with van der Waals surface area (Å²) in [6.07, 6.45) is 6.27. The number of hydrogen-bond donors (Lipinski definition) is 0. The number of pyridine rings is 3. The Balaban J connectivity index is 1.39. The highest BCUT2D eigenvalue weighted by molar-refractivity contribution is 7.17. The maximum atomic E-state index is 13.4. The minimum Gasteiger partial charge on any atom is -0.311 e. The van der Waals surface area contributed by atoms with Crippen molar-refractivity contribution in [1.82, 2.24) is 14.5 Å². The number of aromatic nitrogens is 3. The van der Waals surface area contributed by atoms with Gasteiger partial charge in [-0.05, 0) is 54.4 Å². The van der Waals surface area contributed by atoms with Gasteiger partial charge in [-0.3, -0.25) is 14.8 Å².